The molecule has 6 nitrogen and oxygen atoms in total. The Morgan fingerprint density at radius 2 is 2.20 bits per heavy atom. The molecule has 1 fully saturated rings. The van der Waals surface area contributed by atoms with E-state index < -0.39 is 5.92 Å². The van der Waals surface area contributed by atoms with Crippen molar-refractivity contribution in [2.24, 2.45) is 5.92 Å². The van der Waals surface area contributed by atoms with Gasteiger partial charge in [-0.3, -0.25) is 4.79 Å². The molecule has 0 saturated heterocycles. The van der Waals surface area contributed by atoms with E-state index in [1.165, 1.54) is 0 Å². The number of hydrogen-bond acceptors (Lipinski definition) is 6. The fourth-order valence-corrected chi connectivity index (χ4v) is 2.29. The summed E-state index contributed by atoms with van der Waals surface area (Å²) in [6, 6.07) is 0. The fourth-order valence-electron chi connectivity index (χ4n) is 2.29. The first-order valence-electron chi connectivity index (χ1n) is 7.24. The minimum atomic E-state index is -0.474. The van der Waals surface area contributed by atoms with Crippen LogP contribution in [0.15, 0.2) is 4.52 Å². The number of methoxy groups -OCH3 is 1. The van der Waals surface area contributed by atoms with Crippen LogP contribution in [0.1, 0.15) is 63.3 Å². The number of esters is 1. The summed E-state index contributed by atoms with van der Waals surface area (Å²) in [4.78, 5) is 16.3. The van der Waals surface area contributed by atoms with Gasteiger partial charge >= 0.3 is 5.97 Å². The van der Waals surface area contributed by atoms with E-state index in [0.717, 1.165) is 19.3 Å². The van der Waals surface area contributed by atoms with E-state index in [4.69, 9.17) is 14.0 Å². The van der Waals surface area contributed by atoms with Crippen LogP contribution in [0.25, 0.3) is 0 Å². The molecule has 0 radical (unpaired) electrons. The van der Waals surface area contributed by atoms with E-state index in [-0.39, 0.29) is 12.1 Å². The van der Waals surface area contributed by atoms with Gasteiger partial charge in [0.25, 0.3) is 0 Å². The highest BCUT2D eigenvalue weighted by Crippen LogP contribution is 2.42. The molecule has 1 aliphatic carbocycles. The van der Waals surface area contributed by atoms with Crippen LogP contribution in [-0.2, 0) is 14.3 Å². The van der Waals surface area contributed by atoms with Crippen molar-refractivity contribution >= 4 is 5.97 Å². The lowest BCUT2D eigenvalue weighted by Gasteiger charge is -2.10. The molecule has 2 unspecified atom stereocenters. The molecule has 0 amide bonds. The van der Waals surface area contributed by atoms with Crippen molar-refractivity contribution in [2.75, 3.05) is 13.7 Å². The maximum atomic E-state index is 11.9. The number of hydrogen-bond donors (Lipinski definition) is 0. The molecule has 2 atom stereocenters. The first-order chi connectivity index (χ1) is 9.71. The van der Waals surface area contributed by atoms with Gasteiger partial charge in [-0.2, -0.15) is 4.98 Å². The molecule has 6 heteroatoms. The van der Waals surface area contributed by atoms with E-state index in [2.05, 4.69) is 10.1 Å². The fraction of sp³-hybridized carbons (Fsp3) is 0.786. The Hall–Kier alpha value is -1.43. The summed E-state index contributed by atoms with van der Waals surface area (Å²) >= 11 is 0. The quantitative estimate of drug-likeness (QED) is 0.682. The highest BCUT2D eigenvalue weighted by molar-refractivity contribution is 5.76. The van der Waals surface area contributed by atoms with E-state index in [1.54, 1.807) is 14.0 Å². The summed E-state index contributed by atoms with van der Waals surface area (Å²) < 4.78 is 15.8. The minimum Gasteiger partial charge on any atom is -0.465 e. The molecule has 2 rings (SSSR count). The number of rotatable bonds is 8. The first-order valence-corrected chi connectivity index (χ1v) is 7.24. The second kappa shape index (κ2) is 6.83. The Morgan fingerprint density at radius 1 is 1.45 bits per heavy atom. The van der Waals surface area contributed by atoms with Gasteiger partial charge in [-0.15, -0.1) is 0 Å². The highest BCUT2D eigenvalue weighted by Gasteiger charge is 2.37. The van der Waals surface area contributed by atoms with Gasteiger partial charge in [0.05, 0.1) is 6.61 Å². The SMILES string of the molecule is CCCC(C(=O)OCC)c1nc(C(OC)C2CC2)no1. The van der Waals surface area contributed by atoms with Crippen LogP contribution in [-0.4, -0.2) is 29.8 Å². The van der Waals surface area contributed by atoms with Crippen LogP contribution in [0.4, 0.5) is 0 Å². The second-order valence-electron chi connectivity index (χ2n) is 5.08. The summed E-state index contributed by atoms with van der Waals surface area (Å²) in [7, 11) is 1.65. The normalized spacial score (nSPS) is 17.8. The Labute approximate surface area is 118 Å². The van der Waals surface area contributed by atoms with E-state index in [1.807, 2.05) is 6.92 Å². The minimum absolute atomic E-state index is 0.128. The summed E-state index contributed by atoms with van der Waals surface area (Å²) in [5, 5.41) is 3.98. The van der Waals surface area contributed by atoms with Gasteiger partial charge in [-0.1, -0.05) is 18.5 Å². The van der Waals surface area contributed by atoms with Gasteiger partial charge in [0, 0.05) is 7.11 Å². The third-order valence-corrected chi connectivity index (χ3v) is 3.46. The topological polar surface area (TPSA) is 74.5 Å². The standard InChI is InChI=1S/C14H22N2O4/c1-4-6-10(14(17)19-5-2)13-15-12(16-20-13)11(18-3)9-7-8-9/h9-11H,4-8H2,1-3H3. The second-order valence-corrected chi connectivity index (χ2v) is 5.08. The van der Waals surface area contributed by atoms with Gasteiger partial charge in [-0.05, 0) is 32.1 Å². The molecule has 1 aromatic heterocycles. The average molecular weight is 282 g/mol. The number of carbonyl (C=O) groups is 1. The largest absolute Gasteiger partial charge is 0.465 e. The van der Waals surface area contributed by atoms with Crippen molar-refractivity contribution in [3.8, 4) is 0 Å². The van der Waals surface area contributed by atoms with E-state index in [9.17, 15) is 4.79 Å². The molecule has 0 aromatic carbocycles. The summed E-state index contributed by atoms with van der Waals surface area (Å²) in [6.07, 6.45) is 3.60. The lowest BCUT2D eigenvalue weighted by atomic mass is 10.0. The molecule has 0 aliphatic heterocycles. The van der Waals surface area contributed by atoms with Crippen LogP contribution >= 0.6 is 0 Å². The van der Waals surface area contributed by atoms with Crippen LogP contribution < -0.4 is 0 Å². The van der Waals surface area contributed by atoms with Crippen LogP contribution in [0.3, 0.4) is 0 Å². The first kappa shape index (κ1) is 15.0. The molecular formula is C14H22N2O4. The monoisotopic (exact) mass is 282 g/mol. The van der Waals surface area contributed by atoms with Crippen LogP contribution in [0.2, 0.25) is 0 Å². The number of ether oxygens (including phenoxy) is 2. The molecule has 0 N–H and O–H groups in total. The van der Waals surface area contributed by atoms with Gasteiger partial charge in [0.1, 0.15) is 12.0 Å². The maximum Gasteiger partial charge on any atom is 0.318 e. The van der Waals surface area contributed by atoms with Crippen LogP contribution in [0, 0.1) is 5.92 Å². The Morgan fingerprint density at radius 3 is 2.75 bits per heavy atom. The van der Waals surface area contributed by atoms with Gasteiger partial charge < -0.3 is 14.0 Å². The molecule has 0 spiro atoms. The van der Waals surface area contributed by atoms with Gasteiger partial charge in [0.2, 0.25) is 11.7 Å². The molecule has 1 aromatic rings. The van der Waals surface area contributed by atoms with Crippen molar-refractivity contribution in [3.63, 3.8) is 0 Å². The smallest absolute Gasteiger partial charge is 0.318 e. The molecule has 20 heavy (non-hydrogen) atoms. The molecule has 1 aliphatic rings. The van der Waals surface area contributed by atoms with E-state index >= 15 is 0 Å². The van der Waals surface area contributed by atoms with Gasteiger partial charge in [0.15, 0.2) is 0 Å². The summed E-state index contributed by atoms with van der Waals surface area (Å²) in [5.74, 6) is 0.568. The van der Waals surface area contributed by atoms with Crippen molar-refractivity contribution < 1.29 is 18.8 Å². The molecular weight excluding hydrogens is 260 g/mol. The predicted molar refractivity (Wildman–Crippen MR) is 71.1 cm³/mol. The molecule has 1 saturated carbocycles. The van der Waals surface area contributed by atoms with Crippen molar-refractivity contribution in [1.29, 1.82) is 0 Å². The molecule has 112 valence electrons. The zero-order valence-electron chi connectivity index (χ0n) is 12.3. The van der Waals surface area contributed by atoms with Crippen molar-refractivity contribution in [1.82, 2.24) is 10.1 Å². The number of aromatic nitrogens is 2. The van der Waals surface area contributed by atoms with E-state index in [0.29, 0.717) is 30.7 Å². The third-order valence-electron chi connectivity index (χ3n) is 3.46. The molecule has 0 bridgehead atoms. The Bertz CT molecular complexity index is 442. The predicted octanol–water partition coefficient (Wildman–Crippen LogP) is 2.61. The zero-order chi connectivity index (χ0) is 14.5. The van der Waals surface area contributed by atoms with Gasteiger partial charge in [-0.25, -0.2) is 0 Å². The summed E-state index contributed by atoms with van der Waals surface area (Å²) in [6.45, 7) is 4.14. The Kier molecular flexibility index (Phi) is 5.11. The highest BCUT2D eigenvalue weighted by atomic mass is 16.5. The third kappa shape index (κ3) is 3.36. The van der Waals surface area contributed by atoms with Crippen molar-refractivity contribution in [3.05, 3.63) is 11.7 Å². The lowest BCUT2D eigenvalue weighted by molar-refractivity contribution is -0.145. The zero-order valence-corrected chi connectivity index (χ0v) is 12.3. The number of carbonyl (C=O) groups excluding carboxylic acids is 1. The molecule has 1 heterocycles. The Balaban J connectivity index is 2.13. The van der Waals surface area contributed by atoms with Crippen LogP contribution in [0.5, 0.6) is 0 Å². The number of nitrogens with zero attached hydrogens (tertiary/aromatic N) is 2. The van der Waals surface area contributed by atoms with Crippen molar-refractivity contribution in [2.45, 2.75) is 51.6 Å². The maximum absolute atomic E-state index is 11.9. The average Bonchev–Trinajstić information content (AvgIpc) is 3.15. The lowest BCUT2D eigenvalue weighted by Crippen LogP contribution is -2.16. The summed E-state index contributed by atoms with van der Waals surface area (Å²) in [5.41, 5.74) is 0.